The molecule has 0 atom stereocenters. The fourth-order valence-corrected chi connectivity index (χ4v) is 4.66. The summed E-state index contributed by atoms with van der Waals surface area (Å²) in [5.74, 6) is -0.972. The molecule has 4 rings (SSSR count). The van der Waals surface area contributed by atoms with Crippen molar-refractivity contribution >= 4 is 63.7 Å². The Hall–Kier alpha value is -2.86. The minimum Gasteiger partial charge on any atom is -0.321 e. The summed E-state index contributed by atoms with van der Waals surface area (Å²) in [7, 11) is 0. The van der Waals surface area contributed by atoms with Gasteiger partial charge in [-0.1, -0.05) is 65.7 Å². The number of benzene rings is 3. The van der Waals surface area contributed by atoms with E-state index in [9.17, 15) is 14.4 Å². The van der Waals surface area contributed by atoms with Gasteiger partial charge in [0.2, 0.25) is 0 Å². The molecular weight excluding hydrogens is 453 g/mol. The van der Waals surface area contributed by atoms with Gasteiger partial charge in [0, 0.05) is 32.4 Å². The van der Waals surface area contributed by atoms with Crippen molar-refractivity contribution < 1.29 is 14.4 Å². The lowest BCUT2D eigenvalue weighted by Gasteiger charge is -2.10. The van der Waals surface area contributed by atoms with Crippen LogP contribution >= 0.6 is 35.0 Å². The van der Waals surface area contributed by atoms with Gasteiger partial charge in [-0.05, 0) is 30.3 Å². The number of halogens is 2. The lowest BCUT2D eigenvalue weighted by molar-refractivity contribution is -0.110. The lowest BCUT2D eigenvalue weighted by Crippen LogP contribution is -2.12. The molecule has 4 nitrogen and oxygen atoms in total. The van der Waals surface area contributed by atoms with Gasteiger partial charge < -0.3 is 5.32 Å². The molecule has 3 aromatic rings. The summed E-state index contributed by atoms with van der Waals surface area (Å²) in [5.41, 5.74) is 2.29. The first kappa shape index (κ1) is 21.4. The molecule has 0 aliphatic carbocycles. The molecule has 1 N–H and O–H groups in total. The molecule has 0 fully saturated rings. The Bertz CT molecular complexity index is 1250. The molecule has 0 saturated heterocycles. The fraction of sp³-hybridized carbons (Fsp3) is 0.0417. The number of Topliss-reactive ketones (excluding diaryl/α,β-unsaturated/α-hetero) is 2. The van der Waals surface area contributed by atoms with Crippen LogP contribution in [0.2, 0.25) is 10.0 Å². The number of nitrogens with one attached hydrogen (secondary N) is 1. The number of thioether (sulfide) groups is 1. The highest BCUT2D eigenvalue weighted by atomic mass is 35.5. The molecule has 1 amide bonds. The van der Waals surface area contributed by atoms with Crippen molar-refractivity contribution in [3.05, 3.63) is 104 Å². The Morgan fingerprint density at radius 1 is 0.839 bits per heavy atom. The number of allylic oxidation sites excluding steroid dienone is 1. The van der Waals surface area contributed by atoms with E-state index in [1.807, 2.05) is 0 Å². The minimum atomic E-state index is -0.380. The topological polar surface area (TPSA) is 63.2 Å². The van der Waals surface area contributed by atoms with Crippen LogP contribution < -0.4 is 5.32 Å². The van der Waals surface area contributed by atoms with Gasteiger partial charge in [0.15, 0.2) is 11.6 Å². The Morgan fingerprint density at radius 3 is 2.19 bits per heavy atom. The zero-order chi connectivity index (χ0) is 22.0. The van der Waals surface area contributed by atoms with E-state index in [4.69, 9.17) is 23.2 Å². The third-order valence-corrected chi connectivity index (χ3v) is 6.24. The zero-order valence-corrected chi connectivity index (χ0v) is 18.4. The van der Waals surface area contributed by atoms with E-state index < -0.39 is 0 Å². The van der Waals surface area contributed by atoms with E-state index in [1.165, 1.54) is 0 Å². The molecule has 1 heterocycles. The smallest absolute Gasteiger partial charge is 0.257 e. The minimum absolute atomic E-state index is 0.0269. The predicted octanol–water partition coefficient (Wildman–Crippen LogP) is 6.16. The summed E-state index contributed by atoms with van der Waals surface area (Å²) in [5, 5.41) is 3.64. The van der Waals surface area contributed by atoms with Crippen LogP contribution in [0.25, 0.3) is 5.57 Å². The van der Waals surface area contributed by atoms with Crippen LogP contribution in [0.1, 0.15) is 26.3 Å². The molecule has 0 spiro atoms. The number of ketones is 2. The third-order valence-electron chi connectivity index (χ3n) is 4.69. The molecule has 0 aromatic heterocycles. The van der Waals surface area contributed by atoms with Gasteiger partial charge in [-0.25, -0.2) is 0 Å². The first-order valence-corrected chi connectivity index (χ1v) is 11.0. The normalized spacial score (nSPS) is 14.1. The Morgan fingerprint density at radius 2 is 1.48 bits per heavy atom. The molecule has 0 radical (unpaired) electrons. The molecule has 0 saturated carbocycles. The van der Waals surface area contributed by atoms with E-state index in [2.05, 4.69) is 5.32 Å². The summed E-state index contributed by atoms with van der Waals surface area (Å²) < 4.78 is 0. The SMILES string of the molecule is O=C1Nc2ccccc2/C1=C(/SCC(=O)c1cccc(Cl)c1)C(=O)c1cccc(Cl)c1. The predicted molar refractivity (Wildman–Crippen MR) is 126 cm³/mol. The van der Waals surface area contributed by atoms with Crippen LogP contribution in [0.4, 0.5) is 5.69 Å². The number of carbonyl (C=O) groups is 3. The summed E-state index contributed by atoms with van der Waals surface area (Å²) in [4.78, 5) is 39.1. The highest BCUT2D eigenvalue weighted by molar-refractivity contribution is 8.04. The second kappa shape index (κ2) is 9.10. The van der Waals surface area contributed by atoms with Crippen molar-refractivity contribution in [2.24, 2.45) is 0 Å². The van der Waals surface area contributed by atoms with E-state index >= 15 is 0 Å². The summed E-state index contributed by atoms with van der Waals surface area (Å²) >= 11 is 13.1. The van der Waals surface area contributed by atoms with Gasteiger partial charge in [0.1, 0.15) is 0 Å². The van der Waals surface area contributed by atoms with Crippen molar-refractivity contribution in [1.29, 1.82) is 0 Å². The van der Waals surface area contributed by atoms with Gasteiger partial charge in [0.05, 0.1) is 16.2 Å². The lowest BCUT2D eigenvalue weighted by atomic mass is 10.0. The summed E-state index contributed by atoms with van der Waals surface area (Å²) in [6, 6.07) is 20.3. The Balaban J connectivity index is 1.74. The maximum absolute atomic E-state index is 13.4. The molecule has 1 aliphatic rings. The molecule has 1 aliphatic heterocycles. The third kappa shape index (κ3) is 4.59. The van der Waals surface area contributed by atoms with Crippen LogP contribution in [-0.2, 0) is 4.79 Å². The number of rotatable bonds is 6. The van der Waals surface area contributed by atoms with Crippen molar-refractivity contribution in [3.8, 4) is 0 Å². The Labute approximate surface area is 193 Å². The van der Waals surface area contributed by atoms with E-state index in [0.717, 1.165) is 11.8 Å². The van der Waals surface area contributed by atoms with E-state index in [1.54, 1.807) is 72.8 Å². The van der Waals surface area contributed by atoms with Crippen molar-refractivity contribution in [2.45, 2.75) is 0 Å². The average Bonchev–Trinajstić information content (AvgIpc) is 3.09. The van der Waals surface area contributed by atoms with E-state index in [0.29, 0.717) is 32.4 Å². The van der Waals surface area contributed by atoms with Crippen LogP contribution in [-0.4, -0.2) is 23.2 Å². The van der Waals surface area contributed by atoms with Gasteiger partial charge in [-0.3, -0.25) is 14.4 Å². The van der Waals surface area contributed by atoms with E-state index in [-0.39, 0.29) is 33.7 Å². The van der Waals surface area contributed by atoms with Crippen LogP contribution in [0.3, 0.4) is 0 Å². The number of carbonyl (C=O) groups excluding carboxylic acids is 3. The maximum Gasteiger partial charge on any atom is 0.257 e. The van der Waals surface area contributed by atoms with Gasteiger partial charge in [-0.15, -0.1) is 11.8 Å². The van der Waals surface area contributed by atoms with Crippen molar-refractivity contribution in [3.63, 3.8) is 0 Å². The number of para-hydroxylation sites is 1. The first-order valence-electron chi connectivity index (χ1n) is 9.31. The number of anilines is 1. The standard InChI is InChI=1S/C24H15Cl2NO3S/c25-16-7-3-5-14(11-16)20(28)13-31-23(22(29)15-6-4-8-17(26)12-15)21-18-9-1-2-10-19(18)27-24(21)30/h1-12H,13H2,(H,27,30)/b23-21-. The number of hydrogen-bond acceptors (Lipinski definition) is 4. The second-order valence-corrected chi connectivity index (χ2v) is 8.62. The molecule has 7 heteroatoms. The highest BCUT2D eigenvalue weighted by Gasteiger charge is 2.31. The van der Waals surface area contributed by atoms with Crippen molar-refractivity contribution in [2.75, 3.05) is 11.1 Å². The second-order valence-electron chi connectivity index (χ2n) is 6.77. The van der Waals surface area contributed by atoms with Crippen molar-refractivity contribution in [1.82, 2.24) is 0 Å². The summed E-state index contributed by atoms with van der Waals surface area (Å²) in [6.45, 7) is 0. The highest BCUT2D eigenvalue weighted by Crippen LogP contribution is 2.39. The number of hydrogen-bond donors (Lipinski definition) is 1. The maximum atomic E-state index is 13.4. The Kier molecular flexibility index (Phi) is 6.28. The molecule has 3 aromatic carbocycles. The van der Waals surface area contributed by atoms with Crippen LogP contribution in [0.5, 0.6) is 0 Å². The largest absolute Gasteiger partial charge is 0.321 e. The molecule has 0 bridgehead atoms. The van der Waals surface area contributed by atoms with Crippen LogP contribution in [0.15, 0.2) is 77.7 Å². The average molecular weight is 468 g/mol. The monoisotopic (exact) mass is 467 g/mol. The zero-order valence-electron chi connectivity index (χ0n) is 16.0. The number of amides is 1. The molecule has 0 unspecified atom stereocenters. The quantitative estimate of drug-likeness (QED) is 0.348. The van der Waals surface area contributed by atoms with Gasteiger partial charge in [0.25, 0.3) is 5.91 Å². The fourth-order valence-electron chi connectivity index (χ4n) is 3.24. The molecule has 154 valence electrons. The van der Waals surface area contributed by atoms with Crippen LogP contribution in [0, 0.1) is 0 Å². The van der Waals surface area contributed by atoms with Gasteiger partial charge in [-0.2, -0.15) is 0 Å². The first-order chi connectivity index (χ1) is 14.9. The molecule has 31 heavy (non-hydrogen) atoms. The molecular formula is C24H15Cl2NO3S. The summed E-state index contributed by atoms with van der Waals surface area (Å²) in [6.07, 6.45) is 0. The number of fused-ring (bicyclic) bond motifs is 1. The van der Waals surface area contributed by atoms with Gasteiger partial charge >= 0.3 is 0 Å².